The van der Waals surface area contributed by atoms with Crippen LogP contribution in [0.2, 0.25) is 5.82 Å². The van der Waals surface area contributed by atoms with Crippen molar-refractivity contribution < 1.29 is 37.9 Å². The summed E-state index contributed by atoms with van der Waals surface area (Å²) < 4.78 is 14.1. The SMILES string of the molecule is CC(C)C[C@H](CC(=O)[C@@H](NC(=O)c1cccc(-c2ccccc2)n1)[C@@H](C)O)[B-]12OC(=O)[C@H](C)[O+]1[C@@H](C)C(=O)O2. The first kappa shape index (κ1) is 28.4. The summed E-state index contributed by atoms with van der Waals surface area (Å²) in [6, 6.07) is 13.1. The molecule has 3 heterocycles. The summed E-state index contributed by atoms with van der Waals surface area (Å²) in [5.41, 5.74) is 1.51. The third-order valence-corrected chi connectivity index (χ3v) is 7.40. The number of aromatic nitrogens is 1. The normalized spacial score (nSPS) is 22.5. The van der Waals surface area contributed by atoms with Gasteiger partial charge < -0.3 is 24.0 Å². The molecule has 0 aliphatic carbocycles. The smallest absolute Gasteiger partial charge is 0.579 e. The number of aliphatic hydroxyl groups excluding tert-OH is 1. The lowest BCUT2D eigenvalue weighted by Gasteiger charge is -2.38. The minimum absolute atomic E-state index is 0.0650. The molecule has 208 valence electrons. The Morgan fingerprint density at radius 2 is 1.62 bits per heavy atom. The number of nitrogens with zero attached hydrogens (tertiary/aromatic N) is 1. The fourth-order valence-corrected chi connectivity index (χ4v) is 5.56. The van der Waals surface area contributed by atoms with E-state index in [0.717, 1.165) is 5.56 Å². The maximum absolute atomic E-state index is 13.6. The molecular formula is C28H35BN2O8. The highest BCUT2D eigenvalue weighted by atomic mass is 16.9. The molecule has 0 bridgehead atoms. The van der Waals surface area contributed by atoms with Crippen LogP contribution < -0.4 is 5.32 Å². The van der Waals surface area contributed by atoms with E-state index >= 15 is 0 Å². The molecule has 0 unspecified atom stereocenters. The summed E-state index contributed by atoms with van der Waals surface area (Å²) in [5, 5.41) is 13.1. The summed E-state index contributed by atoms with van der Waals surface area (Å²) in [7, 11) is 0. The van der Waals surface area contributed by atoms with Crippen molar-refractivity contribution in [2.75, 3.05) is 0 Å². The highest BCUT2D eigenvalue weighted by Gasteiger charge is 2.71. The number of Topliss-reactive ketones (excluding diaryl/α,β-unsaturated/α-hetero) is 1. The second-order valence-corrected chi connectivity index (χ2v) is 10.8. The summed E-state index contributed by atoms with van der Waals surface area (Å²) in [6.07, 6.45) is -2.59. The van der Waals surface area contributed by atoms with E-state index in [1.165, 1.54) is 13.0 Å². The molecular weight excluding hydrogens is 503 g/mol. The van der Waals surface area contributed by atoms with E-state index in [0.29, 0.717) is 12.1 Å². The van der Waals surface area contributed by atoms with Crippen molar-refractivity contribution in [3.8, 4) is 11.3 Å². The monoisotopic (exact) mass is 538 g/mol. The molecule has 1 aromatic heterocycles. The number of ketones is 1. The zero-order valence-corrected chi connectivity index (χ0v) is 22.8. The van der Waals surface area contributed by atoms with Gasteiger partial charge in [0.25, 0.3) is 5.91 Å². The lowest BCUT2D eigenvalue weighted by atomic mass is 9.57. The molecule has 0 saturated carbocycles. The van der Waals surface area contributed by atoms with Crippen molar-refractivity contribution in [3.63, 3.8) is 0 Å². The molecule has 1 aromatic carbocycles. The number of nitrogens with one attached hydrogen (secondary N) is 1. The molecule has 1 amide bonds. The van der Waals surface area contributed by atoms with E-state index in [9.17, 15) is 24.3 Å². The Bertz CT molecular complexity index is 1230. The Morgan fingerprint density at radius 1 is 1.00 bits per heavy atom. The highest BCUT2D eigenvalue weighted by molar-refractivity contribution is 6.70. The van der Waals surface area contributed by atoms with Gasteiger partial charge in [-0.25, -0.2) is 14.6 Å². The third kappa shape index (κ3) is 5.60. The van der Waals surface area contributed by atoms with Crippen molar-refractivity contribution in [2.45, 2.75) is 77.6 Å². The summed E-state index contributed by atoms with van der Waals surface area (Å²) in [5.74, 6) is -2.83. The molecule has 2 N–H and O–H groups in total. The maximum atomic E-state index is 13.6. The van der Waals surface area contributed by atoms with Crippen molar-refractivity contribution in [2.24, 2.45) is 5.92 Å². The Hall–Kier alpha value is -3.57. The molecule has 2 saturated heterocycles. The Labute approximate surface area is 227 Å². The van der Waals surface area contributed by atoms with Crippen LogP contribution in [0.1, 0.15) is 57.9 Å². The van der Waals surface area contributed by atoms with Crippen LogP contribution in [-0.4, -0.2) is 64.8 Å². The van der Waals surface area contributed by atoms with Crippen LogP contribution in [-0.2, 0) is 28.0 Å². The minimum Gasteiger partial charge on any atom is -0.579 e. The summed E-state index contributed by atoms with van der Waals surface area (Å²) >= 11 is 0. The standard InChI is InChI=1S/C28H35BN2O8/c1-16(2)14-21(29-37-27(35)18(4)39(29)19(5)28(36)38-29)15-24(33)25(17(3)32)31-26(34)23-13-9-12-22(30-23)20-10-7-6-8-11-20/h6-13,16-19,21,25,32H,14-15H2,1-5H3,(H,31,34)/t17-,18+,19+,21-,25+/m1/s1. The number of hydrogen-bond acceptors (Lipinski definition) is 8. The van der Waals surface area contributed by atoms with Gasteiger partial charge in [-0.05, 0) is 31.4 Å². The van der Waals surface area contributed by atoms with Crippen LogP contribution in [0.3, 0.4) is 0 Å². The molecule has 2 aromatic rings. The van der Waals surface area contributed by atoms with Gasteiger partial charge in [0.05, 0.1) is 11.8 Å². The van der Waals surface area contributed by atoms with Crippen molar-refractivity contribution in [3.05, 3.63) is 54.2 Å². The van der Waals surface area contributed by atoms with Gasteiger partial charge in [0, 0.05) is 25.2 Å². The lowest BCUT2D eigenvalue weighted by molar-refractivity contribution is -0.154. The minimum atomic E-state index is -2.66. The molecule has 39 heavy (non-hydrogen) atoms. The largest absolute Gasteiger partial charge is 0.688 e. The average molecular weight is 538 g/mol. The Kier molecular flexibility index (Phi) is 8.22. The van der Waals surface area contributed by atoms with Gasteiger partial charge in [-0.1, -0.05) is 56.7 Å². The number of carbonyl (C=O) groups excluding carboxylic acids is 4. The van der Waals surface area contributed by atoms with E-state index in [1.807, 2.05) is 44.2 Å². The predicted octanol–water partition coefficient (Wildman–Crippen LogP) is 2.99. The van der Waals surface area contributed by atoms with Crippen LogP contribution in [0.25, 0.3) is 11.3 Å². The van der Waals surface area contributed by atoms with Crippen LogP contribution in [0.4, 0.5) is 0 Å². The van der Waals surface area contributed by atoms with E-state index < -0.39 is 60.6 Å². The van der Waals surface area contributed by atoms with Gasteiger partial charge in [0.15, 0.2) is 5.78 Å². The first-order chi connectivity index (χ1) is 18.4. The highest BCUT2D eigenvalue weighted by Crippen LogP contribution is 2.49. The van der Waals surface area contributed by atoms with Gasteiger partial charge in [0.1, 0.15) is 11.7 Å². The van der Waals surface area contributed by atoms with Crippen molar-refractivity contribution in [1.29, 1.82) is 0 Å². The average Bonchev–Trinajstić information content (AvgIpc) is 3.30. The number of amides is 1. The van der Waals surface area contributed by atoms with Gasteiger partial charge in [-0.3, -0.25) is 9.59 Å². The quantitative estimate of drug-likeness (QED) is 0.348. The molecule has 2 aliphatic rings. The number of benzene rings is 1. The van der Waals surface area contributed by atoms with Gasteiger partial charge in [-0.15, -0.1) is 0 Å². The van der Waals surface area contributed by atoms with Crippen LogP contribution >= 0.6 is 0 Å². The van der Waals surface area contributed by atoms with E-state index in [2.05, 4.69) is 14.6 Å². The second kappa shape index (κ2) is 11.3. The zero-order chi connectivity index (χ0) is 28.5. The number of hydrogen-bond donors (Lipinski definition) is 2. The van der Waals surface area contributed by atoms with E-state index in [1.54, 1.807) is 26.0 Å². The molecule has 5 atom stereocenters. The third-order valence-electron chi connectivity index (χ3n) is 7.40. The molecule has 0 radical (unpaired) electrons. The maximum Gasteiger partial charge on any atom is 0.688 e. The van der Waals surface area contributed by atoms with Crippen molar-refractivity contribution in [1.82, 2.24) is 10.3 Å². The molecule has 10 nitrogen and oxygen atoms in total. The summed E-state index contributed by atoms with van der Waals surface area (Å²) in [6.45, 7) is 5.86. The molecule has 2 fully saturated rings. The Balaban J connectivity index is 1.57. The summed E-state index contributed by atoms with van der Waals surface area (Å²) in [4.78, 5) is 56.3. The molecule has 0 spiro atoms. The zero-order valence-electron chi connectivity index (χ0n) is 22.8. The second-order valence-electron chi connectivity index (χ2n) is 10.8. The van der Waals surface area contributed by atoms with Gasteiger partial charge in [-0.2, -0.15) is 0 Å². The Morgan fingerprint density at radius 3 is 2.18 bits per heavy atom. The number of rotatable bonds is 10. The van der Waals surface area contributed by atoms with Crippen LogP contribution in [0, 0.1) is 5.92 Å². The molecule has 2 aliphatic heterocycles. The van der Waals surface area contributed by atoms with Gasteiger partial charge >= 0.3 is 18.7 Å². The lowest BCUT2D eigenvalue weighted by Crippen LogP contribution is -2.53. The first-order valence-electron chi connectivity index (χ1n) is 13.3. The number of aliphatic hydroxyl groups is 1. The van der Waals surface area contributed by atoms with Gasteiger partial charge in [0.2, 0.25) is 12.2 Å². The predicted molar refractivity (Wildman–Crippen MR) is 143 cm³/mol. The number of fused-ring (bicyclic) bond motifs is 1. The van der Waals surface area contributed by atoms with Crippen molar-refractivity contribution >= 4 is 30.4 Å². The van der Waals surface area contributed by atoms with E-state index in [-0.39, 0.29) is 18.0 Å². The fraction of sp³-hybridized carbons (Fsp3) is 0.464. The fourth-order valence-electron chi connectivity index (χ4n) is 5.56. The van der Waals surface area contributed by atoms with Crippen LogP contribution in [0.15, 0.2) is 48.5 Å². The molecule has 4 rings (SSSR count). The van der Waals surface area contributed by atoms with E-state index in [4.69, 9.17) is 9.31 Å². The number of pyridine rings is 1. The molecule has 11 heteroatoms. The number of carbonyl (C=O) groups is 4. The topological polar surface area (TPSA) is 135 Å². The van der Waals surface area contributed by atoms with Crippen LogP contribution in [0.5, 0.6) is 0 Å². The first-order valence-corrected chi connectivity index (χ1v) is 13.3.